The minimum absolute atomic E-state index is 0.167. The normalized spacial score (nSPS) is 10.3. The van der Waals surface area contributed by atoms with Gasteiger partial charge in [0.15, 0.2) is 17.1 Å². The van der Waals surface area contributed by atoms with Gasteiger partial charge in [0.2, 0.25) is 0 Å². The van der Waals surface area contributed by atoms with Crippen LogP contribution in [0.25, 0.3) is 11.0 Å². The van der Waals surface area contributed by atoms with E-state index in [0.717, 1.165) is 5.39 Å². The SMILES string of the molecule is CCOc1cccc2cc(C(=O)Nc3ccccc3C#N)oc12. The number of nitriles is 1. The summed E-state index contributed by atoms with van der Waals surface area (Å²) in [6, 6.07) is 16.0. The summed E-state index contributed by atoms with van der Waals surface area (Å²) in [6.45, 7) is 2.39. The number of nitrogens with one attached hydrogen (secondary N) is 1. The predicted octanol–water partition coefficient (Wildman–Crippen LogP) is 3.96. The summed E-state index contributed by atoms with van der Waals surface area (Å²) in [5, 5.41) is 12.6. The molecule has 3 rings (SSSR count). The van der Waals surface area contributed by atoms with Crippen LogP contribution >= 0.6 is 0 Å². The van der Waals surface area contributed by atoms with E-state index in [-0.39, 0.29) is 5.76 Å². The molecule has 0 spiro atoms. The van der Waals surface area contributed by atoms with Crippen molar-refractivity contribution in [2.24, 2.45) is 0 Å². The third-order valence-electron chi connectivity index (χ3n) is 3.33. The van der Waals surface area contributed by atoms with Crippen molar-refractivity contribution in [2.45, 2.75) is 6.92 Å². The van der Waals surface area contributed by atoms with Gasteiger partial charge in [-0.25, -0.2) is 0 Å². The lowest BCUT2D eigenvalue weighted by Crippen LogP contribution is -2.11. The van der Waals surface area contributed by atoms with E-state index in [1.807, 2.05) is 25.1 Å². The zero-order valence-corrected chi connectivity index (χ0v) is 12.5. The average molecular weight is 306 g/mol. The Morgan fingerprint density at radius 2 is 2.09 bits per heavy atom. The molecule has 114 valence electrons. The van der Waals surface area contributed by atoms with Crippen molar-refractivity contribution >= 4 is 22.6 Å². The smallest absolute Gasteiger partial charge is 0.291 e. The lowest BCUT2D eigenvalue weighted by molar-refractivity contribution is 0.0998. The molecule has 0 aliphatic heterocycles. The molecule has 0 fully saturated rings. The van der Waals surface area contributed by atoms with E-state index in [1.165, 1.54) is 0 Å². The number of carbonyl (C=O) groups is 1. The van der Waals surface area contributed by atoms with Gasteiger partial charge in [-0.3, -0.25) is 4.79 Å². The predicted molar refractivity (Wildman–Crippen MR) is 86.5 cm³/mol. The van der Waals surface area contributed by atoms with Crippen LogP contribution in [0.2, 0.25) is 0 Å². The van der Waals surface area contributed by atoms with Crippen molar-refractivity contribution < 1.29 is 13.9 Å². The Morgan fingerprint density at radius 3 is 2.87 bits per heavy atom. The van der Waals surface area contributed by atoms with Gasteiger partial charge in [0, 0.05) is 5.39 Å². The summed E-state index contributed by atoms with van der Waals surface area (Å²) in [6.07, 6.45) is 0. The summed E-state index contributed by atoms with van der Waals surface area (Å²) in [4.78, 5) is 12.4. The van der Waals surface area contributed by atoms with E-state index in [2.05, 4.69) is 5.32 Å². The van der Waals surface area contributed by atoms with Crippen LogP contribution in [0, 0.1) is 11.3 Å². The number of para-hydroxylation sites is 2. The maximum Gasteiger partial charge on any atom is 0.291 e. The van der Waals surface area contributed by atoms with Crippen molar-refractivity contribution in [3.05, 3.63) is 59.9 Å². The van der Waals surface area contributed by atoms with Crippen LogP contribution < -0.4 is 10.1 Å². The Morgan fingerprint density at radius 1 is 1.26 bits per heavy atom. The molecule has 3 aromatic rings. The number of furan rings is 1. The lowest BCUT2D eigenvalue weighted by Gasteiger charge is -2.04. The van der Waals surface area contributed by atoms with Crippen molar-refractivity contribution in [3.8, 4) is 11.8 Å². The highest BCUT2D eigenvalue weighted by Gasteiger charge is 2.16. The minimum Gasteiger partial charge on any atom is -0.490 e. The van der Waals surface area contributed by atoms with Gasteiger partial charge in [-0.15, -0.1) is 0 Å². The number of rotatable bonds is 4. The largest absolute Gasteiger partial charge is 0.490 e. The van der Waals surface area contributed by atoms with E-state index >= 15 is 0 Å². The summed E-state index contributed by atoms with van der Waals surface area (Å²) in [5.41, 5.74) is 1.38. The second-order valence-electron chi connectivity index (χ2n) is 4.83. The highest BCUT2D eigenvalue weighted by Crippen LogP contribution is 2.29. The van der Waals surface area contributed by atoms with Gasteiger partial charge in [0.25, 0.3) is 5.91 Å². The van der Waals surface area contributed by atoms with Crippen LogP contribution in [0.15, 0.2) is 52.9 Å². The fourth-order valence-electron chi connectivity index (χ4n) is 2.29. The molecule has 0 saturated carbocycles. The Hall–Kier alpha value is -3.26. The number of hydrogen-bond donors (Lipinski definition) is 1. The first-order valence-electron chi connectivity index (χ1n) is 7.18. The Kier molecular flexibility index (Phi) is 3.98. The van der Waals surface area contributed by atoms with Crippen LogP contribution in [0.5, 0.6) is 5.75 Å². The molecular weight excluding hydrogens is 292 g/mol. The van der Waals surface area contributed by atoms with Crippen LogP contribution in [0.3, 0.4) is 0 Å². The van der Waals surface area contributed by atoms with E-state index in [1.54, 1.807) is 36.4 Å². The minimum atomic E-state index is -0.411. The molecule has 0 bridgehead atoms. The molecule has 1 heterocycles. The second-order valence-corrected chi connectivity index (χ2v) is 4.83. The molecule has 5 nitrogen and oxygen atoms in total. The fraction of sp³-hybridized carbons (Fsp3) is 0.111. The summed E-state index contributed by atoms with van der Waals surface area (Å²) in [5.74, 6) is 0.354. The molecule has 1 amide bonds. The van der Waals surface area contributed by atoms with Crippen molar-refractivity contribution in [1.29, 1.82) is 5.26 Å². The number of ether oxygens (including phenoxy) is 1. The van der Waals surface area contributed by atoms with Gasteiger partial charge >= 0.3 is 0 Å². The summed E-state index contributed by atoms with van der Waals surface area (Å²) >= 11 is 0. The first kappa shape index (κ1) is 14.7. The Balaban J connectivity index is 1.92. The van der Waals surface area contributed by atoms with Crippen LogP contribution in [-0.4, -0.2) is 12.5 Å². The number of carbonyl (C=O) groups excluding carboxylic acids is 1. The van der Waals surface area contributed by atoms with Crippen molar-refractivity contribution in [1.82, 2.24) is 0 Å². The second kappa shape index (κ2) is 6.24. The van der Waals surface area contributed by atoms with Crippen LogP contribution in [-0.2, 0) is 0 Å². The maximum absolute atomic E-state index is 12.4. The quantitative estimate of drug-likeness (QED) is 0.791. The Bertz CT molecular complexity index is 906. The zero-order chi connectivity index (χ0) is 16.2. The van der Waals surface area contributed by atoms with Gasteiger partial charge in [-0.1, -0.05) is 24.3 Å². The van der Waals surface area contributed by atoms with Gasteiger partial charge in [-0.2, -0.15) is 5.26 Å². The topological polar surface area (TPSA) is 75.3 Å². The molecule has 23 heavy (non-hydrogen) atoms. The standard InChI is InChI=1S/C18H14N2O3/c1-2-22-15-9-5-7-12-10-16(23-17(12)15)18(21)20-14-8-4-3-6-13(14)11-19/h3-10H,2H2,1H3,(H,20,21). The number of amides is 1. The lowest BCUT2D eigenvalue weighted by atomic mass is 10.2. The summed E-state index contributed by atoms with van der Waals surface area (Å²) in [7, 11) is 0. The molecule has 0 aliphatic rings. The third kappa shape index (κ3) is 2.87. The van der Waals surface area contributed by atoms with Crippen LogP contribution in [0.4, 0.5) is 5.69 Å². The van der Waals surface area contributed by atoms with E-state index < -0.39 is 5.91 Å². The molecule has 0 atom stereocenters. The van der Waals surface area contributed by atoms with Gasteiger partial charge in [-0.05, 0) is 31.2 Å². The molecule has 0 aliphatic carbocycles. The Labute approximate surface area is 133 Å². The first-order valence-corrected chi connectivity index (χ1v) is 7.18. The number of anilines is 1. The fourth-order valence-corrected chi connectivity index (χ4v) is 2.29. The van der Waals surface area contributed by atoms with E-state index in [9.17, 15) is 4.79 Å². The number of fused-ring (bicyclic) bond motifs is 1. The summed E-state index contributed by atoms with van der Waals surface area (Å²) < 4.78 is 11.1. The van der Waals surface area contributed by atoms with Crippen molar-refractivity contribution in [3.63, 3.8) is 0 Å². The molecule has 5 heteroatoms. The van der Waals surface area contributed by atoms with E-state index in [4.69, 9.17) is 14.4 Å². The molecule has 0 radical (unpaired) electrons. The number of hydrogen-bond acceptors (Lipinski definition) is 4. The zero-order valence-electron chi connectivity index (χ0n) is 12.5. The molecule has 2 aromatic carbocycles. The molecule has 0 saturated heterocycles. The van der Waals surface area contributed by atoms with E-state index in [0.29, 0.717) is 29.2 Å². The first-order chi connectivity index (χ1) is 11.2. The average Bonchev–Trinajstić information content (AvgIpc) is 3.01. The molecular formula is C18H14N2O3. The van der Waals surface area contributed by atoms with Gasteiger partial charge in [0.1, 0.15) is 6.07 Å². The molecule has 0 unspecified atom stereocenters. The third-order valence-corrected chi connectivity index (χ3v) is 3.33. The highest BCUT2D eigenvalue weighted by atomic mass is 16.5. The van der Waals surface area contributed by atoms with Gasteiger partial charge < -0.3 is 14.5 Å². The van der Waals surface area contributed by atoms with Crippen LogP contribution in [0.1, 0.15) is 23.0 Å². The monoisotopic (exact) mass is 306 g/mol. The highest BCUT2D eigenvalue weighted by molar-refractivity contribution is 6.05. The molecule has 1 N–H and O–H groups in total. The molecule has 1 aromatic heterocycles. The number of benzene rings is 2. The number of nitrogens with zero attached hydrogens (tertiary/aromatic N) is 1. The van der Waals surface area contributed by atoms with Gasteiger partial charge in [0.05, 0.1) is 17.9 Å². The van der Waals surface area contributed by atoms with Crippen molar-refractivity contribution in [2.75, 3.05) is 11.9 Å². The maximum atomic E-state index is 12.4.